The summed E-state index contributed by atoms with van der Waals surface area (Å²) in [5.74, 6) is -0.555. The van der Waals surface area contributed by atoms with Crippen LogP contribution in [-0.2, 0) is 24.8 Å². The number of methoxy groups -OCH3 is 1. The predicted octanol–water partition coefficient (Wildman–Crippen LogP) is 2.18. The van der Waals surface area contributed by atoms with Crippen LogP contribution in [0.15, 0.2) is 24.3 Å². The molecule has 1 aromatic rings. The van der Waals surface area contributed by atoms with Gasteiger partial charge >= 0.3 is 13.6 Å². The molecule has 0 amide bonds. The molecule has 0 aliphatic rings. The Hall–Kier alpha value is -1.36. The van der Waals surface area contributed by atoms with Crippen LogP contribution >= 0.6 is 7.60 Å². The van der Waals surface area contributed by atoms with Crippen molar-refractivity contribution in [1.82, 2.24) is 0 Å². The molecule has 106 valence electrons. The average Bonchev–Trinajstić information content (AvgIpc) is 2.44. The van der Waals surface area contributed by atoms with Crippen molar-refractivity contribution in [2.24, 2.45) is 0 Å². The molecular formula is C12H17O6P. The number of carboxylic acids is 1. The summed E-state index contributed by atoms with van der Waals surface area (Å²) >= 11 is 0. The number of ether oxygens (including phenoxy) is 1. The minimum atomic E-state index is -3.66. The summed E-state index contributed by atoms with van der Waals surface area (Å²) in [6, 6.07) is 6.84. The van der Waals surface area contributed by atoms with Crippen molar-refractivity contribution in [1.29, 1.82) is 0 Å². The molecule has 0 aromatic heterocycles. The third kappa shape index (κ3) is 3.80. The highest BCUT2D eigenvalue weighted by atomic mass is 31.2. The van der Waals surface area contributed by atoms with Crippen molar-refractivity contribution < 1.29 is 28.3 Å². The molecule has 1 unspecified atom stereocenters. The Bertz CT molecular complexity index is 462. The Morgan fingerprint density at radius 2 is 1.74 bits per heavy atom. The third-order valence-corrected chi connectivity index (χ3v) is 4.95. The second-order valence-corrected chi connectivity index (χ2v) is 6.24. The van der Waals surface area contributed by atoms with Gasteiger partial charge in [0.25, 0.3) is 0 Å². The second-order valence-electron chi connectivity index (χ2n) is 3.81. The van der Waals surface area contributed by atoms with Gasteiger partial charge in [-0.3, -0.25) is 9.36 Å². The van der Waals surface area contributed by atoms with Crippen LogP contribution < -0.4 is 4.74 Å². The lowest BCUT2D eigenvalue weighted by Gasteiger charge is -2.20. The van der Waals surface area contributed by atoms with Gasteiger partial charge in [0.2, 0.25) is 0 Å². The highest BCUT2D eigenvalue weighted by molar-refractivity contribution is 7.55. The van der Waals surface area contributed by atoms with Crippen molar-refractivity contribution in [3.05, 3.63) is 29.8 Å². The predicted molar refractivity (Wildman–Crippen MR) is 69.7 cm³/mol. The summed E-state index contributed by atoms with van der Waals surface area (Å²) in [6.45, 7) is 0. The fraction of sp³-hybridized carbons (Fsp3) is 0.417. The highest BCUT2D eigenvalue weighted by Gasteiger charge is 2.39. The fourth-order valence-electron chi connectivity index (χ4n) is 1.65. The summed E-state index contributed by atoms with van der Waals surface area (Å²) in [7, 11) is 0.228. The molecule has 0 saturated heterocycles. The number of rotatable bonds is 7. The second kappa shape index (κ2) is 6.70. The van der Waals surface area contributed by atoms with Crippen LogP contribution in [-0.4, -0.2) is 38.1 Å². The van der Waals surface area contributed by atoms with E-state index in [0.29, 0.717) is 11.3 Å². The largest absolute Gasteiger partial charge is 0.497 e. The minimum absolute atomic E-state index is 0.0539. The molecule has 6 nitrogen and oxygen atoms in total. The van der Waals surface area contributed by atoms with E-state index in [2.05, 4.69) is 0 Å². The standard InChI is InChI=1S/C12H17O6P/c1-16-10-6-4-9(5-7-10)8-11(12(13)14)19(15,17-2)18-3/h4-7,11H,8H2,1-3H3,(H,13,14). The topological polar surface area (TPSA) is 82.1 Å². The Morgan fingerprint density at radius 1 is 1.21 bits per heavy atom. The van der Waals surface area contributed by atoms with Crippen molar-refractivity contribution in [2.75, 3.05) is 21.3 Å². The van der Waals surface area contributed by atoms with E-state index in [-0.39, 0.29) is 6.42 Å². The summed E-state index contributed by atoms with van der Waals surface area (Å²) in [5.41, 5.74) is -0.529. The average molecular weight is 288 g/mol. The molecule has 7 heteroatoms. The van der Waals surface area contributed by atoms with Gasteiger partial charge in [-0.1, -0.05) is 12.1 Å². The Labute approximate surface area is 111 Å². The molecule has 1 atom stereocenters. The zero-order valence-electron chi connectivity index (χ0n) is 11.0. The van der Waals surface area contributed by atoms with Crippen molar-refractivity contribution in [3.63, 3.8) is 0 Å². The van der Waals surface area contributed by atoms with Crippen LogP contribution in [0.1, 0.15) is 5.56 Å². The lowest BCUT2D eigenvalue weighted by Crippen LogP contribution is -2.24. The maximum Gasteiger partial charge on any atom is 0.344 e. The van der Waals surface area contributed by atoms with E-state index in [1.54, 1.807) is 31.4 Å². The minimum Gasteiger partial charge on any atom is -0.497 e. The zero-order chi connectivity index (χ0) is 14.5. The van der Waals surface area contributed by atoms with E-state index >= 15 is 0 Å². The van der Waals surface area contributed by atoms with Gasteiger partial charge in [-0.2, -0.15) is 0 Å². The van der Waals surface area contributed by atoms with E-state index in [1.807, 2.05) is 0 Å². The molecular weight excluding hydrogens is 271 g/mol. The summed E-state index contributed by atoms with van der Waals surface area (Å²) < 4.78 is 26.7. The smallest absolute Gasteiger partial charge is 0.344 e. The van der Waals surface area contributed by atoms with Crippen LogP contribution in [0.3, 0.4) is 0 Å². The SMILES string of the molecule is COc1ccc(CC(C(=O)O)P(=O)(OC)OC)cc1. The van der Waals surface area contributed by atoms with Crippen LogP contribution in [0.5, 0.6) is 5.75 Å². The molecule has 0 fully saturated rings. The van der Waals surface area contributed by atoms with E-state index in [1.165, 1.54) is 14.2 Å². The lowest BCUT2D eigenvalue weighted by molar-refractivity contribution is -0.136. The van der Waals surface area contributed by atoms with Crippen LogP contribution in [0.4, 0.5) is 0 Å². The summed E-state index contributed by atoms with van der Waals surface area (Å²) in [6.07, 6.45) is 0.0539. The first-order valence-corrected chi connectivity index (χ1v) is 7.15. The van der Waals surface area contributed by atoms with Gasteiger partial charge in [-0.25, -0.2) is 0 Å². The fourth-order valence-corrected chi connectivity index (χ4v) is 3.01. The van der Waals surface area contributed by atoms with Crippen molar-refractivity contribution in [2.45, 2.75) is 12.1 Å². The first-order valence-electron chi connectivity index (χ1n) is 5.53. The maximum absolute atomic E-state index is 12.2. The van der Waals surface area contributed by atoms with Gasteiger partial charge in [-0.05, 0) is 24.1 Å². The van der Waals surface area contributed by atoms with E-state index < -0.39 is 19.2 Å². The number of carbonyl (C=O) groups is 1. The Kier molecular flexibility index (Phi) is 5.54. The number of hydrogen-bond acceptors (Lipinski definition) is 5. The van der Waals surface area contributed by atoms with E-state index in [4.69, 9.17) is 13.8 Å². The van der Waals surface area contributed by atoms with Crippen molar-refractivity contribution >= 4 is 13.6 Å². The first-order chi connectivity index (χ1) is 8.96. The van der Waals surface area contributed by atoms with E-state index in [0.717, 1.165) is 0 Å². The number of carboxylic acid groups (broad SMARTS) is 1. The first kappa shape index (κ1) is 15.7. The molecule has 1 rings (SSSR count). The molecule has 0 aliphatic carbocycles. The molecule has 1 N–H and O–H groups in total. The van der Waals surface area contributed by atoms with Gasteiger partial charge in [0.1, 0.15) is 5.75 Å². The van der Waals surface area contributed by atoms with Gasteiger partial charge in [0.05, 0.1) is 7.11 Å². The zero-order valence-corrected chi connectivity index (χ0v) is 11.9. The van der Waals surface area contributed by atoms with Crippen LogP contribution in [0, 0.1) is 0 Å². The quantitative estimate of drug-likeness (QED) is 0.774. The molecule has 0 spiro atoms. The number of aliphatic carboxylic acids is 1. The monoisotopic (exact) mass is 288 g/mol. The number of benzene rings is 1. The van der Waals surface area contributed by atoms with Crippen LogP contribution in [0.2, 0.25) is 0 Å². The van der Waals surface area contributed by atoms with Gasteiger partial charge < -0.3 is 18.9 Å². The normalized spacial score (nSPS) is 13.0. The summed E-state index contributed by atoms with van der Waals surface area (Å²) in [4.78, 5) is 11.2. The summed E-state index contributed by atoms with van der Waals surface area (Å²) in [5, 5.41) is 9.18. The molecule has 0 radical (unpaired) electrons. The Morgan fingerprint density at radius 3 is 2.11 bits per heavy atom. The van der Waals surface area contributed by atoms with Gasteiger partial charge in [0, 0.05) is 14.2 Å². The Balaban J connectivity index is 2.95. The van der Waals surface area contributed by atoms with Gasteiger partial charge in [-0.15, -0.1) is 0 Å². The van der Waals surface area contributed by atoms with Crippen LogP contribution in [0.25, 0.3) is 0 Å². The molecule has 0 bridgehead atoms. The molecule has 1 aromatic carbocycles. The molecule has 0 aliphatic heterocycles. The lowest BCUT2D eigenvalue weighted by atomic mass is 10.1. The van der Waals surface area contributed by atoms with E-state index in [9.17, 15) is 14.5 Å². The van der Waals surface area contributed by atoms with Crippen molar-refractivity contribution in [3.8, 4) is 5.75 Å². The van der Waals surface area contributed by atoms with Gasteiger partial charge in [0.15, 0.2) is 5.66 Å². The third-order valence-electron chi connectivity index (χ3n) is 2.76. The maximum atomic E-state index is 12.2. The molecule has 0 saturated carbocycles. The highest BCUT2D eigenvalue weighted by Crippen LogP contribution is 2.52. The molecule has 19 heavy (non-hydrogen) atoms. The molecule has 0 heterocycles. The number of hydrogen-bond donors (Lipinski definition) is 1.